The summed E-state index contributed by atoms with van der Waals surface area (Å²) in [5, 5.41) is 17.3. The Bertz CT molecular complexity index is 626. The third kappa shape index (κ3) is 4.13. The van der Waals surface area contributed by atoms with E-state index in [4.69, 9.17) is 4.74 Å². The molecule has 0 amide bonds. The molecule has 0 radical (unpaired) electrons. The predicted molar refractivity (Wildman–Crippen MR) is 77.3 cm³/mol. The summed E-state index contributed by atoms with van der Waals surface area (Å²) in [7, 11) is -3.48. The van der Waals surface area contributed by atoms with Crippen molar-refractivity contribution in [2.75, 3.05) is 37.9 Å². The van der Waals surface area contributed by atoms with Gasteiger partial charge in [0, 0.05) is 31.5 Å². The van der Waals surface area contributed by atoms with Gasteiger partial charge >= 0.3 is 0 Å². The lowest BCUT2D eigenvalue weighted by molar-refractivity contribution is -0.384. The molecule has 1 aliphatic rings. The maximum absolute atomic E-state index is 11.5. The first kappa shape index (κ1) is 15.7. The molecule has 0 spiro atoms. The fourth-order valence-corrected chi connectivity index (χ4v) is 2.67. The molecule has 0 aromatic heterocycles. The number of nitro groups is 1. The minimum absolute atomic E-state index is 0.0629. The smallest absolute Gasteiger partial charge is 0.293 e. The van der Waals surface area contributed by atoms with Crippen molar-refractivity contribution < 1.29 is 18.1 Å². The van der Waals surface area contributed by atoms with Crippen molar-refractivity contribution in [3.8, 4) is 0 Å². The number of nitrogens with one attached hydrogen (secondary N) is 2. The van der Waals surface area contributed by atoms with Crippen molar-refractivity contribution in [3.63, 3.8) is 0 Å². The molecule has 1 heterocycles. The monoisotopic (exact) mass is 315 g/mol. The Balaban J connectivity index is 2.16. The van der Waals surface area contributed by atoms with Crippen LogP contribution in [0.2, 0.25) is 0 Å². The van der Waals surface area contributed by atoms with Crippen LogP contribution >= 0.6 is 0 Å². The van der Waals surface area contributed by atoms with Crippen LogP contribution in [0, 0.1) is 10.1 Å². The average Bonchev–Trinajstić information content (AvgIpc) is 2.45. The lowest BCUT2D eigenvalue weighted by Crippen LogP contribution is -2.45. The van der Waals surface area contributed by atoms with Gasteiger partial charge in [-0.25, -0.2) is 8.42 Å². The first-order valence-corrected chi connectivity index (χ1v) is 8.30. The van der Waals surface area contributed by atoms with Gasteiger partial charge < -0.3 is 15.4 Å². The Morgan fingerprint density at radius 2 is 2.29 bits per heavy atom. The normalized spacial score (nSPS) is 19.2. The SMILES string of the molecule is CS(=O)(=O)c1ccc(NCC2COCCN2)c([N+](=O)[O-])c1. The maximum Gasteiger partial charge on any atom is 0.293 e. The van der Waals surface area contributed by atoms with E-state index in [9.17, 15) is 18.5 Å². The second-order valence-electron chi connectivity index (χ2n) is 4.82. The van der Waals surface area contributed by atoms with Crippen molar-refractivity contribution in [2.45, 2.75) is 10.9 Å². The number of ether oxygens (including phenoxy) is 1. The molecule has 1 saturated heterocycles. The molecule has 1 aromatic rings. The van der Waals surface area contributed by atoms with Crippen LogP contribution in [0.3, 0.4) is 0 Å². The van der Waals surface area contributed by atoms with Crippen LogP contribution in [0.15, 0.2) is 23.1 Å². The van der Waals surface area contributed by atoms with E-state index in [2.05, 4.69) is 10.6 Å². The number of morpholine rings is 1. The highest BCUT2D eigenvalue weighted by Crippen LogP contribution is 2.27. The van der Waals surface area contributed by atoms with E-state index in [1.54, 1.807) is 0 Å². The summed E-state index contributed by atoms with van der Waals surface area (Å²) < 4.78 is 28.2. The van der Waals surface area contributed by atoms with Crippen molar-refractivity contribution >= 4 is 21.2 Å². The lowest BCUT2D eigenvalue weighted by Gasteiger charge is -2.24. The molecule has 9 heteroatoms. The fourth-order valence-electron chi connectivity index (χ4n) is 2.03. The maximum atomic E-state index is 11.5. The highest BCUT2D eigenvalue weighted by Gasteiger charge is 2.20. The number of benzene rings is 1. The Hall–Kier alpha value is -1.71. The second kappa shape index (κ2) is 6.37. The van der Waals surface area contributed by atoms with Gasteiger partial charge in [-0.15, -0.1) is 0 Å². The Labute approximate surface area is 122 Å². The minimum atomic E-state index is -3.48. The van der Waals surface area contributed by atoms with Crippen molar-refractivity contribution in [3.05, 3.63) is 28.3 Å². The quantitative estimate of drug-likeness (QED) is 0.597. The first-order valence-electron chi connectivity index (χ1n) is 6.41. The molecule has 1 aliphatic heterocycles. The van der Waals surface area contributed by atoms with E-state index in [-0.39, 0.29) is 16.6 Å². The van der Waals surface area contributed by atoms with Crippen LogP contribution < -0.4 is 10.6 Å². The largest absolute Gasteiger partial charge is 0.378 e. The van der Waals surface area contributed by atoms with Crippen LogP contribution in [-0.2, 0) is 14.6 Å². The number of rotatable bonds is 5. The van der Waals surface area contributed by atoms with Gasteiger partial charge in [-0.3, -0.25) is 10.1 Å². The van der Waals surface area contributed by atoms with E-state index >= 15 is 0 Å². The van der Waals surface area contributed by atoms with Gasteiger partial charge in [0.25, 0.3) is 5.69 Å². The predicted octanol–water partition coefficient (Wildman–Crippen LogP) is 0.399. The minimum Gasteiger partial charge on any atom is -0.378 e. The summed E-state index contributed by atoms with van der Waals surface area (Å²) in [5.74, 6) is 0. The third-order valence-corrected chi connectivity index (χ3v) is 4.24. The Kier molecular flexibility index (Phi) is 4.76. The first-order chi connectivity index (χ1) is 9.88. The highest BCUT2D eigenvalue weighted by molar-refractivity contribution is 7.90. The number of hydrogen-bond donors (Lipinski definition) is 2. The van der Waals surface area contributed by atoms with Gasteiger partial charge in [-0.1, -0.05) is 0 Å². The molecule has 0 aliphatic carbocycles. The van der Waals surface area contributed by atoms with Gasteiger partial charge in [-0.05, 0) is 12.1 Å². The van der Waals surface area contributed by atoms with Gasteiger partial charge in [0.1, 0.15) is 5.69 Å². The van der Waals surface area contributed by atoms with Crippen LogP contribution in [0.25, 0.3) is 0 Å². The van der Waals surface area contributed by atoms with Crippen molar-refractivity contribution in [1.29, 1.82) is 0 Å². The zero-order valence-electron chi connectivity index (χ0n) is 11.5. The molecule has 1 aromatic carbocycles. The summed E-state index contributed by atoms with van der Waals surface area (Å²) in [6, 6.07) is 3.91. The molecule has 1 atom stereocenters. The topological polar surface area (TPSA) is 111 Å². The summed E-state index contributed by atoms with van der Waals surface area (Å²) in [6.07, 6.45) is 1.02. The standard InChI is InChI=1S/C12H17N3O5S/c1-21(18,19)10-2-3-11(12(6-10)15(16)17)14-7-9-8-20-5-4-13-9/h2-3,6,9,13-14H,4-5,7-8H2,1H3. The van der Waals surface area contributed by atoms with Gasteiger partial charge in [0.15, 0.2) is 9.84 Å². The summed E-state index contributed by atoms with van der Waals surface area (Å²) in [4.78, 5) is 10.4. The van der Waals surface area contributed by atoms with Gasteiger partial charge in [0.05, 0.1) is 23.0 Å². The van der Waals surface area contributed by atoms with Gasteiger partial charge in [0.2, 0.25) is 0 Å². The number of anilines is 1. The molecule has 0 saturated carbocycles. The fraction of sp³-hybridized carbons (Fsp3) is 0.500. The zero-order chi connectivity index (χ0) is 15.5. The van der Waals surface area contributed by atoms with E-state index < -0.39 is 14.8 Å². The van der Waals surface area contributed by atoms with E-state index in [1.807, 2.05) is 0 Å². The number of nitro benzene ring substituents is 1. The third-order valence-electron chi connectivity index (χ3n) is 3.13. The van der Waals surface area contributed by atoms with E-state index in [1.165, 1.54) is 12.1 Å². The Morgan fingerprint density at radius 3 is 2.86 bits per heavy atom. The summed E-state index contributed by atoms with van der Waals surface area (Å²) >= 11 is 0. The highest BCUT2D eigenvalue weighted by atomic mass is 32.2. The van der Waals surface area contributed by atoms with E-state index in [0.29, 0.717) is 25.4 Å². The summed E-state index contributed by atoms with van der Waals surface area (Å²) in [5.41, 5.74) is 0.0365. The molecule has 8 nitrogen and oxygen atoms in total. The Morgan fingerprint density at radius 1 is 1.52 bits per heavy atom. The molecule has 0 bridgehead atoms. The molecule has 1 fully saturated rings. The molecule has 21 heavy (non-hydrogen) atoms. The van der Waals surface area contributed by atoms with Crippen molar-refractivity contribution in [1.82, 2.24) is 5.32 Å². The number of nitrogens with zero attached hydrogens (tertiary/aromatic N) is 1. The van der Waals surface area contributed by atoms with E-state index in [0.717, 1.165) is 18.9 Å². The zero-order valence-corrected chi connectivity index (χ0v) is 12.4. The number of hydrogen-bond acceptors (Lipinski definition) is 7. The molecule has 116 valence electrons. The molecule has 1 unspecified atom stereocenters. The van der Waals surface area contributed by atoms with Crippen LogP contribution in [0.4, 0.5) is 11.4 Å². The van der Waals surface area contributed by atoms with Crippen LogP contribution in [-0.4, -0.2) is 51.9 Å². The average molecular weight is 315 g/mol. The lowest BCUT2D eigenvalue weighted by atomic mass is 10.2. The summed E-state index contributed by atoms with van der Waals surface area (Å²) in [6.45, 7) is 2.38. The van der Waals surface area contributed by atoms with Gasteiger partial charge in [-0.2, -0.15) is 0 Å². The van der Waals surface area contributed by atoms with Crippen LogP contribution in [0.1, 0.15) is 0 Å². The molecular weight excluding hydrogens is 298 g/mol. The molecular formula is C12H17N3O5S. The molecule has 2 rings (SSSR count). The second-order valence-corrected chi connectivity index (χ2v) is 6.83. The van der Waals surface area contributed by atoms with Crippen molar-refractivity contribution in [2.24, 2.45) is 0 Å². The number of sulfone groups is 1. The molecule has 2 N–H and O–H groups in total. The van der Waals surface area contributed by atoms with Crippen LogP contribution in [0.5, 0.6) is 0 Å².